The van der Waals surface area contributed by atoms with Gasteiger partial charge in [0, 0.05) is 13.0 Å². The maximum Gasteiger partial charge on any atom is 0.408 e. The van der Waals surface area contributed by atoms with E-state index in [0.29, 0.717) is 24.2 Å². The number of esters is 1. The molecule has 0 spiro atoms. The molecule has 2 rings (SSSR count). The van der Waals surface area contributed by atoms with Crippen molar-refractivity contribution in [3.8, 4) is 0 Å². The van der Waals surface area contributed by atoms with Crippen molar-refractivity contribution in [2.24, 2.45) is 0 Å². The van der Waals surface area contributed by atoms with E-state index < -0.39 is 47.3 Å². The topological polar surface area (TPSA) is 114 Å². The van der Waals surface area contributed by atoms with Crippen LogP contribution < -0.4 is 10.6 Å². The van der Waals surface area contributed by atoms with E-state index in [1.165, 1.54) is 0 Å². The number of unbranched alkanes of at least 4 members (excludes halogenated alkanes) is 4. The highest BCUT2D eigenvalue weighted by Crippen LogP contribution is 2.28. The van der Waals surface area contributed by atoms with Gasteiger partial charge in [-0.05, 0) is 90.0 Å². The van der Waals surface area contributed by atoms with Crippen LogP contribution in [-0.4, -0.2) is 70.6 Å². The largest absolute Gasteiger partial charge is 0.458 e. The van der Waals surface area contributed by atoms with Crippen LogP contribution in [0.4, 0.5) is 4.79 Å². The molecule has 49 heavy (non-hydrogen) atoms. The van der Waals surface area contributed by atoms with Gasteiger partial charge in [-0.15, -0.1) is 0 Å². The number of rotatable bonds is 18. The number of hydrogen-bond acceptors (Lipinski definition) is 7. The molecule has 3 unspecified atom stereocenters. The summed E-state index contributed by atoms with van der Waals surface area (Å²) in [6, 6.07) is 13.9. The maximum absolute atomic E-state index is 14.7. The number of carbonyl (C=O) groups is 4. The van der Waals surface area contributed by atoms with Crippen LogP contribution in [0.15, 0.2) is 54.6 Å². The van der Waals surface area contributed by atoms with Crippen molar-refractivity contribution in [3.05, 3.63) is 71.3 Å². The molecule has 0 aliphatic heterocycles. The van der Waals surface area contributed by atoms with Crippen LogP contribution in [0.25, 0.3) is 0 Å². The van der Waals surface area contributed by atoms with Gasteiger partial charge in [-0.25, -0.2) is 9.59 Å². The number of amides is 3. The van der Waals surface area contributed by atoms with Gasteiger partial charge in [0.2, 0.25) is 11.8 Å². The van der Waals surface area contributed by atoms with E-state index in [1.807, 2.05) is 67.8 Å². The Bertz CT molecular complexity index is 1340. The first-order valence-electron chi connectivity index (χ1n) is 17.5. The zero-order chi connectivity index (χ0) is 36.6. The molecule has 0 heterocycles. The number of nitrogens with one attached hydrogen (secondary N) is 2. The van der Waals surface area contributed by atoms with Crippen LogP contribution in [0.2, 0.25) is 0 Å². The van der Waals surface area contributed by atoms with Gasteiger partial charge in [0.15, 0.2) is 0 Å². The van der Waals surface area contributed by atoms with Crippen molar-refractivity contribution < 1.29 is 28.7 Å². The number of hydrogen-bond donors (Lipinski definition) is 2. The lowest BCUT2D eigenvalue weighted by Crippen LogP contribution is -2.55. The molecule has 0 saturated heterocycles. The van der Waals surface area contributed by atoms with Gasteiger partial charge < -0.3 is 25.0 Å². The van der Waals surface area contributed by atoms with Gasteiger partial charge in [0.25, 0.3) is 0 Å². The Morgan fingerprint density at radius 2 is 1.41 bits per heavy atom. The lowest BCUT2D eigenvalue weighted by atomic mass is 9.96. The predicted molar refractivity (Wildman–Crippen MR) is 198 cm³/mol. The van der Waals surface area contributed by atoms with Crippen LogP contribution in [0, 0.1) is 6.92 Å². The molecular weight excluding hydrogens is 639 g/mol. The number of thioether (sulfide) groups is 1. The summed E-state index contributed by atoms with van der Waals surface area (Å²) in [7, 11) is 0. The Morgan fingerprint density at radius 3 is 2.00 bits per heavy atom. The summed E-state index contributed by atoms with van der Waals surface area (Å²) < 4.78 is 11.3. The minimum atomic E-state index is -1.07. The molecule has 0 aliphatic rings. The SMILES string of the molecule is CCCCCCCN(C(=O)C(CCSC)NC(=O)OC(C)(C)C)C(C(=O)NC(Cc1ccccc1)C(=O)OC(C)(C)C)c1ccccc1C. The second kappa shape index (κ2) is 20.2. The summed E-state index contributed by atoms with van der Waals surface area (Å²) in [5, 5.41) is 5.80. The molecule has 3 amide bonds. The van der Waals surface area contributed by atoms with E-state index in [2.05, 4.69) is 17.6 Å². The highest BCUT2D eigenvalue weighted by atomic mass is 32.2. The second-order valence-corrected chi connectivity index (χ2v) is 15.5. The number of aryl methyl sites for hydroxylation is 1. The van der Waals surface area contributed by atoms with Gasteiger partial charge >= 0.3 is 12.1 Å². The summed E-state index contributed by atoms with van der Waals surface area (Å²) in [5.41, 5.74) is 0.794. The fourth-order valence-corrected chi connectivity index (χ4v) is 5.88. The Balaban J connectivity index is 2.63. The van der Waals surface area contributed by atoms with Gasteiger partial charge in [0.1, 0.15) is 29.3 Å². The Morgan fingerprint density at radius 1 is 0.796 bits per heavy atom. The third-order valence-corrected chi connectivity index (χ3v) is 8.36. The number of ether oxygens (including phenoxy) is 2. The molecule has 0 saturated carbocycles. The molecule has 0 radical (unpaired) electrons. The van der Waals surface area contributed by atoms with Crippen LogP contribution in [0.5, 0.6) is 0 Å². The van der Waals surface area contributed by atoms with Crippen LogP contribution in [0.1, 0.15) is 110 Å². The van der Waals surface area contributed by atoms with Gasteiger partial charge in [0.05, 0.1) is 0 Å². The third-order valence-electron chi connectivity index (χ3n) is 7.72. The van der Waals surface area contributed by atoms with Crippen molar-refractivity contribution in [2.45, 2.75) is 130 Å². The minimum absolute atomic E-state index is 0.212. The fourth-order valence-electron chi connectivity index (χ4n) is 5.41. The molecule has 0 bridgehead atoms. The fraction of sp³-hybridized carbons (Fsp3) is 0.590. The molecule has 3 atom stereocenters. The van der Waals surface area contributed by atoms with Crippen molar-refractivity contribution in [2.75, 3.05) is 18.6 Å². The molecule has 272 valence electrons. The molecule has 0 fully saturated rings. The summed E-state index contributed by atoms with van der Waals surface area (Å²) in [4.78, 5) is 57.5. The number of carbonyl (C=O) groups excluding carboxylic acids is 4. The summed E-state index contributed by atoms with van der Waals surface area (Å²) in [6.45, 7) is 15.0. The van der Waals surface area contributed by atoms with E-state index in [1.54, 1.807) is 58.2 Å². The molecular formula is C39H59N3O6S. The summed E-state index contributed by atoms with van der Waals surface area (Å²) in [6.07, 6.45) is 6.50. The van der Waals surface area contributed by atoms with Crippen molar-refractivity contribution in [3.63, 3.8) is 0 Å². The molecule has 2 aromatic carbocycles. The third kappa shape index (κ3) is 15.3. The highest BCUT2D eigenvalue weighted by molar-refractivity contribution is 7.98. The Labute approximate surface area is 298 Å². The normalized spacial score (nSPS) is 13.5. The molecule has 9 nitrogen and oxygen atoms in total. The average molecular weight is 698 g/mol. The summed E-state index contributed by atoms with van der Waals surface area (Å²) in [5.74, 6) is -0.829. The zero-order valence-corrected chi connectivity index (χ0v) is 31.9. The molecule has 0 aromatic heterocycles. The van der Waals surface area contributed by atoms with E-state index >= 15 is 0 Å². The first-order valence-corrected chi connectivity index (χ1v) is 18.9. The van der Waals surface area contributed by atoms with Gasteiger partial charge in [-0.1, -0.05) is 87.2 Å². The van der Waals surface area contributed by atoms with Crippen LogP contribution in [0.3, 0.4) is 0 Å². The van der Waals surface area contributed by atoms with Gasteiger partial charge in [-0.2, -0.15) is 11.8 Å². The first-order chi connectivity index (χ1) is 23.1. The van der Waals surface area contributed by atoms with Gasteiger partial charge in [-0.3, -0.25) is 9.59 Å². The van der Waals surface area contributed by atoms with E-state index in [-0.39, 0.29) is 18.9 Å². The van der Waals surface area contributed by atoms with Crippen molar-refractivity contribution in [1.29, 1.82) is 0 Å². The minimum Gasteiger partial charge on any atom is -0.458 e. The Hall–Kier alpha value is -3.53. The zero-order valence-electron chi connectivity index (χ0n) is 31.1. The van der Waals surface area contributed by atoms with Crippen LogP contribution in [-0.2, 0) is 30.3 Å². The standard InChI is InChI=1S/C39H59N3O6S/c1-10-11-12-13-19-25-42(35(44)31(24-26-49-9)41-37(46)48-39(6,7)8)33(30-23-18-17-20-28(30)2)34(43)40-32(36(45)47-38(3,4)5)27-29-21-15-14-16-22-29/h14-18,20-23,31-33H,10-13,19,24-27H2,1-9H3,(H,40,43)(H,41,46). The molecule has 2 aromatic rings. The van der Waals surface area contributed by atoms with Crippen LogP contribution >= 0.6 is 11.8 Å². The van der Waals surface area contributed by atoms with E-state index in [4.69, 9.17) is 9.47 Å². The lowest BCUT2D eigenvalue weighted by Gasteiger charge is -2.36. The highest BCUT2D eigenvalue weighted by Gasteiger charge is 2.38. The van der Waals surface area contributed by atoms with E-state index in [9.17, 15) is 19.2 Å². The lowest BCUT2D eigenvalue weighted by molar-refractivity contribution is -0.159. The molecule has 10 heteroatoms. The monoisotopic (exact) mass is 697 g/mol. The second-order valence-electron chi connectivity index (χ2n) is 14.5. The molecule has 2 N–H and O–H groups in total. The molecule has 0 aliphatic carbocycles. The number of nitrogens with zero attached hydrogens (tertiary/aromatic N) is 1. The predicted octanol–water partition coefficient (Wildman–Crippen LogP) is 7.55. The maximum atomic E-state index is 14.7. The summed E-state index contributed by atoms with van der Waals surface area (Å²) >= 11 is 1.56. The van der Waals surface area contributed by atoms with Crippen molar-refractivity contribution >= 4 is 35.6 Å². The van der Waals surface area contributed by atoms with Crippen molar-refractivity contribution in [1.82, 2.24) is 15.5 Å². The smallest absolute Gasteiger partial charge is 0.408 e. The number of benzene rings is 2. The Kier molecular flexibility index (Phi) is 17.2. The van der Waals surface area contributed by atoms with E-state index in [0.717, 1.165) is 36.8 Å². The first kappa shape index (κ1) is 41.6. The quantitative estimate of drug-likeness (QED) is 0.122. The number of alkyl carbamates (subject to hydrolysis) is 1. The average Bonchev–Trinajstić information content (AvgIpc) is 3.01.